The van der Waals surface area contributed by atoms with Crippen LogP contribution in [0.3, 0.4) is 0 Å². The van der Waals surface area contributed by atoms with Crippen molar-refractivity contribution >= 4 is 23.4 Å². The molecule has 0 atom stereocenters. The van der Waals surface area contributed by atoms with E-state index >= 15 is 0 Å². The van der Waals surface area contributed by atoms with Gasteiger partial charge < -0.3 is 14.5 Å². The van der Waals surface area contributed by atoms with Gasteiger partial charge in [-0.1, -0.05) is 0 Å². The summed E-state index contributed by atoms with van der Waals surface area (Å²) in [6, 6.07) is 1.77. The van der Waals surface area contributed by atoms with Crippen molar-refractivity contribution in [1.29, 1.82) is 0 Å². The molecule has 126 valence electrons. The minimum absolute atomic E-state index is 0.0185. The first kappa shape index (κ1) is 17.2. The normalized spacial score (nSPS) is 13.9. The van der Waals surface area contributed by atoms with Crippen molar-refractivity contribution in [2.24, 2.45) is 0 Å². The van der Waals surface area contributed by atoms with Gasteiger partial charge >= 0.3 is 6.09 Å². The first-order chi connectivity index (χ1) is 10.7. The van der Waals surface area contributed by atoms with Gasteiger partial charge in [0, 0.05) is 13.0 Å². The van der Waals surface area contributed by atoms with Crippen LogP contribution in [0, 0.1) is 0 Å². The summed E-state index contributed by atoms with van der Waals surface area (Å²) in [5, 5.41) is 2.66. The molecule has 7 heteroatoms. The number of hydrogen-bond acceptors (Lipinski definition) is 5. The summed E-state index contributed by atoms with van der Waals surface area (Å²) >= 11 is 0. The standard InChI is InChI=1S/C16H24N4O3/c1-16(2,3)23-15(22)18-11-8-13-12(17-9-11)6-7-20(13)14(21)10-19(4)5/h8-9H,6-7,10H2,1-5H3,(H,18,22). The van der Waals surface area contributed by atoms with E-state index < -0.39 is 11.7 Å². The lowest BCUT2D eigenvalue weighted by Crippen LogP contribution is -2.36. The third kappa shape index (κ3) is 4.66. The van der Waals surface area contributed by atoms with Crippen molar-refractivity contribution in [3.63, 3.8) is 0 Å². The molecular weight excluding hydrogens is 296 g/mol. The van der Waals surface area contributed by atoms with Crippen molar-refractivity contribution in [2.75, 3.05) is 37.4 Å². The number of fused-ring (bicyclic) bond motifs is 1. The van der Waals surface area contributed by atoms with Gasteiger partial charge in [0.1, 0.15) is 5.60 Å². The SMILES string of the molecule is CN(C)CC(=O)N1CCc2ncc(NC(=O)OC(C)(C)C)cc21. The fourth-order valence-electron chi connectivity index (χ4n) is 2.35. The van der Waals surface area contributed by atoms with E-state index in [0.29, 0.717) is 18.8 Å². The molecule has 0 spiro atoms. The van der Waals surface area contributed by atoms with Crippen molar-refractivity contribution in [2.45, 2.75) is 32.8 Å². The predicted molar refractivity (Wildman–Crippen MR) is 88.7 cm³/mol. The maximum Gasteiger partial charge on any atom is 0.412 e. The quantitative estimate of drug-likeness (QED) is 0.920. The highest BCUT2D eigenvalue weighted by molar-refractivity contribution is 5.97. The van der Waals surface area contributed by atoms with Gasteiger partial charge in [0.25, 0.3) is 0 Å². The molecule has 0 fully saturated rings. The number of nitrogens with one attached hydrogen (secondary N) is 1. The molecule has 0 radical (unpaired) electrons. The van der Waals surface area contributed by atoms with Crippen LogP contribution in [-0.4, -0.2) is 54.7 Å². The van der Waals surface area contributed by atoms with Crippen LogP contribution in [0.15, 0.2) is 12.3 Å². The van der Waals surface area contributed by atoms with E-state index in [4.69, 9.17) is 4.74 Å². The molecule has 2 rings (SSSR count). The van der Waals surface area contributed by atoms with Gasteiger partial charge in [0.15, 0.2) is 0 Å². The number of nitrogens with zero attached hydrogens (tertiary/aromatic N) is 3. The largest absolute Gasteiger partial charge is 0.444 e. The van der Waals surface area contributed by atoms with Crippen molar-refractivity contribution in [3.8, 4) is 0 Å². The molecule has 1 N–H and O–H groups in total. The maximum atomic E-state index is 12.3. The summed E-state index contributed by atoms with van der Waals surface area (Å²) in [6.07, 6.45) is 1.77. The summed E-state index contributed by atoms with van der Waals surface area (Å²) < 4.78 is 5.22. The van der Waals surface area contributed by atoms with Crippen LogP contribution < -0.4 is 10.2 Å². The number of rotatable bonds is 3. The number of likely N-dealkylation sites (N-methyl/N-ethyl adjacent to an activating group) is 1. The summed E-state index contributed by atoms with van der Waals surface area (Å²) in [5.41, 5.74) is 1.57. The first-order valence-electron chi connectivity index (χ1n) is 7.60. The summed E-state index contributed by atoms with van der Waals surface area (Å²) in [4.78, 5) is 32.0. The third-order valence-corrected chi connectivity index (χ3v) is 3.21. The van der Waals surface area contributed by atoms with Gasteiger partial charge in [-0.05, 0) is 40.9 Å². The van der Waals surface area contributed by atoms with Crippen LogP contribution in [0.2, 0.25) is 0 Å². The molecule has 2 heterocycles. The van der Waals surface area contributed by atoms with Gasteiger partial charge in [-0.3, -0.25) is 15.1 Å². The second kappa shape index (κ2) is 6.54. The van der Waals surface area contributed by atoms with Crippen molar-refractivity contribution in [1.82, 2.24) is 9.88 Å². The first-order valence-corrected chi connectivity index (χ1v) is 7.60. The summed E-state index contributed by atoms with van der Waals surface area (Å²) in [6.45, 7) is 6.35. The van der Waals surface area contributed by atoms with Gasteiger partial charge in [-0.25, -0.2) is 4.79 Å². The average molecular weight is 320 g/mol. The lowest BCUT2D eigenvalue weighted by Gasteiger charge is -2.21. The van der Waals surface area contributed by atoms with E-state index in [0.717, 1.165) is 17.8 Å². The molecule has 1 aliphatic heterocycles. The van der Waals surface area contributed by atoms with E-state index in [1.54, 1.807) is 37.9 Å². The molecule has 0 aliphatic carbocycles. The predicted octanol–water partition coefficient (Wildman–Crippen LogP) is 1.88. The van der Waals surface area contributed by atoms with Crippen LogP contribution in [0.25, 0.3) is 0 Å². The zero-order valence-corrected chi connectivity index (χ0v) is 14.3. The van der Waals surface area contributed by atoms with Crippen LogP contribution in [0.4, 0.5) is 16.2 Å². The van der Waals surface area contributed by atoms with E-state index in [9.17, 15) is 9.59 Å². The Morgan fingerprint density at radius 1 is 1.39 bits per heavy atom. The minimum atomic E-state index is -0.568. The highest BCUT2D eigenvalue weighted by Crippen LogP contribution is 2.29. The topological polar surface area (TPSA) is 74.8 Å². The highest BCUT2D eigenvalue weighted by Gasteiger charge is 2.26. The number of hydrogen-bond donors (Lipinski definition) is 1. The van der Waals surface area contributed by atoms with E-state index in [2.05, 4.69) is 10.3 Å². The van der Waals surface area contributed by atoms with Gasteiger partial charge in [-0.2, -0.15) is 0 Å². The number of pyridine rings is 1. The average Bonchev–Trinajstić information content (AvgIpc) is 2.78. The van der Waals surface area contributed by atoms with E-state index in [1.807, 2.05) is 19.0 Å². The number of ether oxygens (including phenoxy) is 1. The third-order valence-electron chi connectivity index (χ3n) is 3.21. The Bertz CT molecular complexity index is 608. The lowest BCUT2D eigenvalue weighted by atomic mass is 10.2. The smallest absolute Gasteiger partial charge is 0.412 e. The number of aromatic nitrogens is 1. The molecular formula is C16H24N4O3. The van der Waals surface area contributed by atoms with E-state index in [-0.39, 0.29) is 5.91 Å². The number of carbonyl (C=O) groups excluding carboxylic acids is 2. The maximum absolute atomic E-state index is 12.3. The Morgan fingerprint density at radius 2 is 2.09 bits per heavy atom. The van der Waals surface area contributed by atoms with Crippen LogP contribution >= 0.6 is 0 Å². The Hall–Kier alpha value is -2.15. The van der Waals surface area contributed by atoms with Crippen molar-refractivity contribution < 1.29 is 14.3 Å². The minimum Gasteiger partial charge on any atom is -0.444 e. The molecule has 2 amide bonds. The van der Waals surface area contributed by atoms with Gasteiger partial charge in [0.2, 0.25) is 5.91 Å². The Kier molecular flexibility index (Phi) is 4.89. The van der Waals surface area contributed by atoms with Gasteiger partial charge in [-0.15, -0.1) is 0 Å². The second-order valence-corrected chi connectivity index (χ2v) is 6.85. The molecule has 1 aliphatic rings. The Morgan fingerprint density at radius 3 is 2.70 bits per heavy atom. The van der Waals surface area contributed by atoms with Crippen LogP contribution in [0.1, 0.15) is 26.5 Å². The van der Waals surface area contributed by atoms with E-state index in [1.165, 1.54) is 0 Å². The molecule has 1 aromatic heterocycles. The van der Waals surface area contributed by atoms with Crippen molar-refractivity contribution in [3.05, 3.63) is 18.0 Å². The monoisotopic (exact) mass is 320 g/mol. The fourth-order valence-corrected chi connectivity index (χ4v) is 2.35. The molecule has 7 nitrogen and oxygen atoms in total. The Balaban J connectivity index is 2.12. The second-order valence-electron chi connectivity index (χ2n) is 6.85. The van der Waals surface area contributed by atoms with Crippen LogP contribution in [0.5, 0.6) is 0 Å². The molecule has 0 aromatic carbocycles. The lowest BCUT2D eigenvalue weighted by molar-refractivity contribution is -0.119. The fraction of sp³-hybridized carbons (Fsp3) is 0.562. The summed E-state index contributed by atoms with van der Waals surface area (Å²) in [5.74, 6) is 0.0185. The molecule has 0 unspecified atom stereocenters. The summed E-state index contributed by atoms with van der Waals surface area (Å²) in [7, 11) is 3.71. The van der Waals surface area contributed by atoms with Gasteiger partial charge in [0.05, 0.1) is 29.8 Å². The number of anilines is 2. The highest BCUT2D eigenvalue weighted by atomic mass is 16.6. The number of carbonyl (C=O) groups is 2. The number of amides is 2. The Labute approximate surface area is 136 Å². The zero-order valence-electron chi connectivity index (χ0n) is 14.3. The zero-order chi connectivity index (χ0) is 17.2. The molecule has 1 aromatic rings. The molecule has 0 saturated carbocycles. The molecule has 0 bridgehead atoms. The van der Waals surface area contributed by atoms with Crippen LogP contribution in [-0.2, 0) is 16.0 Å². The molecule has 23 heavy (non-hydrogen) atoms. The molecule has 0 saturated heterocycles.